The first kappa shape index (κ1) is 17.5. The van der Waals surface area contributed by atoms with E-state index in [1.165, 1.54) is 0 Å². The molecule has 2 heterocycles. The van der Waals surface area contributed by atoms with Crippen LogP contribution in [0.15, 0.2) is 71.1 Å². The van der Waals surface area contributed by atoms with E-state index in [1.807, 2.05) is 73.7 Å². The van der Waals surface area contributed by atoms with Crippen molar-refractivity contribution in [3.8, 4) is 0 Å². The number of fused-ring (bicyclic) bond motifs is 3. The van der Waals surface area contributed by atoms with Crippen LogP contribution in [-0.2, 0) is 9.59 Å². The molecule has 0 bridgehead atoms. The molecule has 0 radical (unpaired) electrons. The number of hydrogen-bond acceptors (Lipinski definition) is 3. The molecular formula is C24H20N2O3. The molecule has 5 rings (SSSR count). The highest BCUT2D eigenvalue weighted by atomic mass is 16.3. The normalized spacial score (nSPS) is 16.7. The Morgan fingerprint density at radius 3 is 2.62 bits per heavy atom. The van der Waals surface area contributed by atoms with Gasteiger partial charge in [-0.15, -0.1) is 0 Å². The van der Waals surface area contributed by atoms with Crippen LogP contribution in [0.4, 0.5) is 11.4 Å². The Balaban J connectivity index is 1.36. The third-order valence-corrected chi connectivity index (χ3v) is 5.55. The number of nitrogens with zero attached hydrogens (tertiary/aromatic N) is 1. The molecule has 5 nitrogen and oxygen atoms in total. The van der Waals surface area contributed by atoms with Gasteiger partial charge in [0.1, 0.15) is 11.2 Å². The molecule has 0 saturated carbocycles. The molecule has 1 N–H and O–H groups in total. The van der Waals surface area contributed by atoms with Gasteiger partial charge < -0.3 is 14.6 Å². The maximum Gasteiger partial charge on any atom is 0.229 e. The summed E-state index contributed by atoms with van der Waals surface area (Å²) in [6, 6.07) is 21.3. The Morgan fingerprint density at radius 2 is 1.76 bits per heavy atom. The molecule has 0 spiro atoms. The van der Waals surface area contributed by atoms with Crippen molar-refractivity contribution in [1.29, 1.82) is 0 Å². The number of rotatable bonds is 3. The Bertz CT molecular complexity index is 1260. The number of nitrogens with one attached hydrogen (secondary N) is 1. The highest BCUT2D eigenvalue weighted by Crippen LogP contribution is 2.31. The summed E-state index contributed by atoms with van der Waals surface area (Å²) in [4.78, 5) is 27.0. The average molecular weight is 384 g/mol. The summed E-state index contributed by atoms with van der Waals surface area (Å²) in [6.07, 6.45) is 0.215. The first-order chi connectivity index (χ1) is 14.1. The van der Waals surface area contributed by atoms with Crippen LogP contribution in [0.25, 0.3) is 21.9 Å². The summed E-state index contributed by atoms with van der Waals surface area (Å²) in [5, 5.41) is 5.02. The van der Waals surface area contributed by atoms with Gasteiger partial charge in [0.25, 0.3) is 0 Å². The van der Waals surface area contributed by atoms with Crippen molar-refractivity contribution < 1.29 is 14.0 Å². The molecule has 1 atom stereocenters. The molecule has 3 aromatic carbocycles. The molecular weight excluding hydrogens is 364 g/mol. The average Bonchev–Trinajstić information content (AvgIpc) is 3.28. The number of anilines is 2. The van der Waals surface area contributed by atoms with Crippen LogP contribution >= 0.6 is 0 Å². The molecule has 29 heavy (non-hydrogen) atoms. The standard InChI is InChI=1S/C24H20N2O3/c1-15-6-2-4-8-20(15)26-14-16(12-23(26)27)24(28)25-17-10-11-19-18-7-3-5-9-21(18)29-22(19)13-17/h2-11,13,16H,12,14H2,1H3,(H,25,28)/t16-/m1/s1. The van der Waals surface area contributed by atoms with Crippen molar-refractivity contribution in [3.63, 3.8) is 0 Å². The summed E-state index contributed by atoms with van der Waals surface area (Å²) in [5.41, 5.74) is 4.12. The first-order valence-corrected chi connectivity index (χ1v) is 9.68. The first-order valence-electron chi connectivity index (χ1n) is 9.68. The monoisotopic (exact) mass is 384 g/mol. The zero-order chi connectivity index (χ0) is 20.0. The van der Waals surface area contributed by atoms with Crippen LogP contribution in [0, 0.1) is 12.8 Å². The van der Waals surface area contributed by atoms with Crippen LogP contribution < -0.4 is 10.2 Å². The summed E-state index contributed by atoms with van der Waals surface area (Å²) in [5.74, 6) is -0.550. The van der Waals surface area contributed by atoms with Crippen LogP contribution in [0.2, 0.25) is 0 Å². The molecule has 1 aromatic heterocycles. The highest BCUT2D eigenvalue weighted by Gasteiger charge is 2.35. The number of carbonyl (C=O) groups is 2. The van der Waals surface area contributed by atoms with Gasteiger partial charge in [0.15, 0.2) is 0 Å². The molecule has 144 valence electrons. The van der Waals surface area contributed by atoms with Crippen molar-refractivity contribution in [1.82, 2.24) is 0 Å². The second-order valence-corrected chi connectivity index (χ2v) is 7.49. The molecule has 1 fully saturated rings. The van der Waals surface area contributed by atoms with E-state index in [4.69, 9.17) is 4.42 Å². The van der Waals surface area contributed by atoms with Crippen LogP contribution in [-0.4, -0.2) is 18.4 Å². The van der Waals surface area contributed by atoms with E-state index in [1.54, 1.807) is 4.90 Å². The zero-order valence-corrected chi connectivity index (χ0v) is 16.0. The number of amides is 2. The van der Waals surface area contributed by atoms with Gasteiger partial charge in [-0.1, -0.05) is 36.4 Å². The van der Waals surface area contributed by atoms with Crippen molar-refractivity contribution in [2.75, 3.05) is 16.8 Å². The van der Waals surface area contributed by atoms with Gasteiger partial charge in [0.05, 0.1) is 5.92 Å². The molecule has 1 aliphatic rings. The number of carbonyl (C=O) groups excluding carboxylic acids is 2. The SMILES string of the molecule is Cc1ccccc1N1C[C@H](C(=O)Nc2ccc3c(c2)oc2ccccc23)CC1=O. The van der Waals surface area contributed by atoms with Gasteiger partial charge in [0, 0.05) is 41.2 Å². The van der Waals surface area contributed by atoms with Gasteiger partial charge in [-0.25, -0.2) is 0 Å². The van der Waals surface area contributed by atoms with E-state index in [2.05, 4.69) is 5.32 Å². The number of para-hydroxylation sites is 2. The minimum Gasteiger partial charge on any atom is -0.456 e. The third kappa shape index (κ3) is 3.05. The maximum atomic E-state index is 12.8. The lowest BCUT2D eigenvalue weighted by Gasteiger charge is -2.19. The van der Waals surface area contributed by atoms with Crippen molar-refractivity contribution in [2.45, 2.75) is 13.3 Å². The van der Waals surface area contributed by atoms with E-state index in [-0.39, 0.29) is 24.2 Å². The van der Waals surface area contributed by atoms with E-state index >= 15 is 0 Å². The van der Waals surface area contributed by atoms with E-state index < -0.39 is 0 Å². The molecule has 2 amide bonds. The molecule has 4 aromatic rings. The summed E-state index contributed by atoms with van der Waals surface area (Å²) < 4.78 is 5.89. The summed E-state index contributed by atoms with van der Waals surface area (Å²) in [7, 11) is 0. The third-order valence-electron chi connectivity index (χ3n) is 5.55. The van der Waals surface area contributed by atoms with E-state index in [0.717, 1.165) is 33.2 Å². The van der Waals surface area contributed by atoms with Gasteiger partial charge in [-0.05, 0) is 36.8 Å². The molecule has 0 aliphatic carbocycles. The summed E-state index contributed by atoms with van der Waals surface area (Å²) >= 11 is 0. The number of hydrogen-bond donors (Lipinski definition) is 1. The van der Waals surface area contributed by atoms with Crippen molar-refractivity contribution in [3.05, 3.63) is 72.3 Å². The van der Waals surface area contributed by atoms with Gasteiger partial charge in [-0.2, -0.15) is 0 Å². The topological polar surface area (TPSA) is 62.6 Å². The highest BCUT2D eigenvalue weighted by molar-refractivity contribution is 6.07. The number of furan rings is 1. The van der Waals surface area contributed by atoms with E-state index in [0.29, 0.717) is 12.2 Å². The smallest absolute Gasteiger partial charge is 0.229 e. The Kier molecular flexibility index (Phi) is 4.09. The fraction of sp³-hybridized carbons (Fsp3) is 0.167. The second kappa shape index (κ2) is 6.78. The fourth-order valence-electron chi connectivity index (χ4n) is 4.03. The molecule has 1 saturated heterocycles. The minimum atomic E-state index is -0.381. The quantitative estimate of drug-likeness (QED) is 0.547. The Labute approximate surface area is 167 Å². The number of aryl methyl sites for hydroxylation is 1. The molecule has 5 heteroatoms. The van der Waals surface area contributed by atoms with Gasteiger partial charge >= 0.3 is 0 Å². The summed E-state index contributed by atoms with van der Waals surface area (Å²) in [6.45, 7) is 2.36. The second-order valence-electron chi connectivity index (χ2n) is 7.49. The van der Waals surface area contributed by atoms with Gasteiger partial charge in [0.2, 0.25) is 11.8 Å². The van der Waals surface area contributed by atoms with Crippen LogP contribution in [0.5, 0.6) is 0 Å². The van der Waals surface area contributed by atoms with Crippen LogP contribution in [0.1, 0.15) is 12.0 Å². The Morgan fingerprint density at radius 1 is 1.00 bits per heavy atom. The van der Waals surface area contributed by atoms with E-state index in [9.17, 15) is 9.59 Å². The lowest BCUT2D eigenvalue weighted by Crippen LogP contribution is -2.28. The predicted molar refractivity (Wildman–Crippen MR) is 114 cm³/mol. The van der Waals surface area contributed by atoms with Crippen LogP contribution in [0.3, 0.4) is 0 Å². The maximum absolute atomic E-state index is 12.8. The largest absolute Gasteiger partial charge is 0.456 e. The molecule has 1 aliphatic heterocycles. The lowest BCUT2D eigenvalue weighted by atomic mass is 10.1. The fourth-order valence-corrected chi connectivity index (χ4v) is 4.03. The van der Waals surface area contributed by atoms with Crippen molar-refractivity contribution >= 4 is 45.1 Å². The predicted octanol–water partition coefficient (Wildman–Crippen LogP) is 4.89. The molecule has 0 unspecified atom stereocenters. The Hall–Kier alpha value is -3.60. The number of benzene rings is 3. The van der Waals surface area contributed by atoms with Gasteiger partial charge in [-0.3, -0.25) is 9.59 Å². The zero-order valence-electron chi connectivity index (χ0n) is 16.0. The lowest BCUT2D eigenvalue weighted by molar-refractivity contribution is -0.122. The minimum absolute atomic E-state index is 0.0211. The van der Waals surface area contributed by atoms with Crippen molar-refractivity contribution in [2.24, 2.45) is 5.92 Å².